The van der Waals surface area contributed by atoms with Crippen LogP contribution in [-0.2, 0) is 11.2 Å². The summed E-state index contributed by atoms with van der Waals surface area (Å²) in [5.41, 5.74) is 1.83. The summed E-state index contributed by atoms with van der Waals surface area (Å²) < 4.78 is 5.82. The zero-order valence-corrected chi connectivity index (χ0v) is 15.2. The van der Waals surface area contributed by atoms with Crippen molar-refractivity contribution in [3.63, 3.8) is 0 Å². The minimum Gasteiger partial charge on any atom is -0.378 e. The van der Waals surface area contributed by atoms with Crippen LogP contribution in [0.5, 0.6) is 0 Å². The van der Waals surface area contributed by atoms with Crippen LogP contribution in [0.1, 0.15) is 46.7 Å². The predicted molar refractivity (Wildman–Crippen MR) is 99.0 cm³/mol. The van der Waals surface area contributed by atoms with Gasteiger partial charge in [0.05, 0.1) is 11.1 Å². The van der Waals surface area contributed by atoms with Crippen LogP contribution in [0, 0.1) is 5.92 Å². The number of benzene rings is 1. The maximum atomic E-state index is 12.7. The Morgan fingerprint density at radius 3 is 2.72 bits per heavy atom. The molecule has 2 aliphatic rings. The van der Waals surface area contributed by atoms with Gasteiger partial charge in [0.1, 0.15) is 5.69 Å². The van der Waals surface area contributed by atoms with Gasteiger partial charge in [0.2, 0.25) is 0 Å². The number of ether oxygens (including phenoxy) is 1. The highest BCUT2D eigenvalue weighted by Crippen LogP contribution is 2.29. The Labute approximate surface area is 152 Å². The maximum absolute atomic E-state index is 12.7. The molecular weight excluding hydrogens is 332 g/mol. The third kappa shape index (κ3) is 3.93. The van der Waals surface area contributed by atoms with Crippen molar-refractivity contribution >= 4 is 17.2 Å². The average Bonchev–Trinajstić information content (AvgIpc) is 3.34. The third-order valence-electron chi connectivity index (χ3n) is 5.29. The van der Waals surface area contributed by atoms with Crippen molar-refractivity contribution in [3.8, 4) is 0 Å². The van der Waals surface area contributed by atoms with E-state index in [1.54, 1.807) is 11.3 Å². The molecule has 4 rings (SSSR count). The summed E-state index contributed by atoms with van der Waals surface area (Å²) in [6, 6.07) is 10.3. The molecule has 2 saturated heterocycles. The van der Waals surface area contributed by atoms with Crippen molar-refractivity contribution in [2.45, 2.75) is 38.2 Å². The Morgan fingerprint density at radius 1 is 1.20 bits per heavy atom. The molecule has 0 aliphatic carbocycles. The van der Waals surface area contributed by atoms with Gasteiger partial charge in [-0.1, -0.05) is 30.3 Å². The second-order valence-electron chi connectivity index (χ2n) is 6.97. The number of likely N-dealkylation sites (tertiary alicyclic amines) is 1. The standard InChI is InChI=1S/C20H24N2O2S/c23-20(22-10-8-16(9-11-22)18-7-4-12-24-18)17-14-25-19(21-17)13-15-5-2-1-3-6-15/h1-3,5-6,14,16,18H,4,7-13H2. The van der Waals surface area contributed by atoms with E-state index in [2.05, 4.69) is 17.1 Å². The van der Waals surface area contributed by atoms with Crippen LogP contribution in [0.4, 0.5) is 0 Å². The lowest BCUT2D eigenvalue weighted by atomic mass is 9.90. The van der Waals surface area contributed by atoms with Crippen molar-refractivity contribution in [2.24, 2.45) is 5.92 Å². The first-order chi connectivity index (χ1) is 12.3. The van der Waals surface area contributed by atoms with Gasteiger partial charge in [0, 0.05) is 31.5 Å². The first-order valence-electron chi connectivity index (χ1n) is 9.19. The number of thiazole rings is 1. The predicted octanol–water partition coefficient (Wildman–Crippen LogP) is 3.77. The summed E-state index contributed by atoms with van der Waals surface area (Å²) in [7, 11) is 0. The summed E-state index contributed by atoms with van der Waals surface area (Å²) in [4.78, 5) is 19.3. The van der Waals surface area contributed by atoms with E-state index in [4.69, 9.17) is 4.74 Å². The minimum absolute atomic E-state index is 0.0846. The molecule has 1 unspecified atom stereocenters. The van der Waals surface area contributed by atoms with Gasteiger partial charge >= 0.3 is 0 Å². The second-order valence-corrected chi connectivity index (χ2v) is 7.91. The summed E-state index contributed by atoms with van der Waals surface area (Å²) in [5, 5.41) is 2.91. The number of piperidine rings is 1. The van der Waals surface area contributed by atoms with E-state index in [9.17, 15) is 4.79 Å². The molecule has 4 nitrogen and oxygen atoms in total. The van der Waals surface area contributed by atoms with Gasteiger partial charge in [-0.25, -0.2) is 4.98 Å². The minimum atomic E-state index is 0.0846. The van der Waals surface area contributed by atoms with E-state index in [0.29, 0.717) is 17.7 Å². The third-order valence-corrected chi connectivity index (χ3v) is 6.14. The molecule has 2 aliphatic heterocycles. The van der Waals surface area contributed by atoms with Gasteiger partial charge in [-0.15, -0.1) is 11.3 Å². The molecule has 25 heavy (non-hydrogen) atoms. The Kier molecular flexibility index (Phi) is 5.13. The molecule has 3 heterocycles. The quantitative estimate of drug-likeness (QED) is 0.837. The van der Waals surface area contributed by atoms with Crippen LogP contribution in [0.25, 0.3) is 0 Å². The van der Waals surface area contributed by atoms with Gasteiger partial charge < -0.3 is 9.64 Å². The van der Waals surface area contributed by atoms with Gasteiger partial charge in [-0.05, 0) is 37.2 Å². The fraction of sp³-hybridized carbons (Fsp3) is 0.500. The molecule has 0 spiro atoms. The summed E-state index contributed by atoms with van der Waals surface area (Å²) in [6.45, 7) is 2.57. The molecule has 1 aromatic heterocycles. The molecule has 0 bridgehead atoms. The largest absolute Gasteiger partial charge is 0.378 e. The first kappa shape index (κ1) is 16.7. The molecule has 132 valence electrons. The number of carbonyl (C=O) groups is 1. The highest BCUT2D eigenvalue weighted by atomic mass is 32.1. The van der Waals surface area contributed by atoms with E-state index >= 15 is 0 Å². The van der Waals surface area contributed by atoms with Gasteiger partial charge in [-0.3, -0.25) is 4.79 Å². The normalized spacial score (nSPS) is 21.6. The highest BCUT2D eigenvalue weighted by molar-refractivity contribution is 7.09. The van der Waals surface area contributed by atoms with E-state index in [1.165, 1.54) is 18.4 Å². The van der Waals surface area contributed by atoms with Gasteiger partial charge in [0.25, 0.3) is 5.91 Å². The molecule has 1 amide bonds. The zero-order valence-electron chi connectivity index (χ0n) is 14.4. The highest BCUT2D eigenvalue weighted by Gasteiger charge is 2.31. The molecule has 0 saturated carbocycles. The van der Waals surface area contributed by atoms with Gasteiger partial charge in [0.15, 0.2) is 0 Å². The lowest BCUT2D eigenvalue weighted by Gasteiger charge is -2.34. The van der Waals surface area contributed by atoms with Crippen LogP contribution < -0.4 is 0 Å². The van der Waals surface area contributed by atoms with Crippen LogP contribution >= 0.6 is 11.3 Å². The van der Waals surface area contributed by atoms with E-state index < -0.39 is 0 Å². The molecule has 0 radical (unpaired) electrons. The van der Waals surface area contributed by atoms with Crippen LogP contribution in [0.2, 0.25) is 0 Å². The summed E-state index contributed by atoms with van der Waals surface area (Å²) in [6.07, 6.45) is 5.70. The number of carbonyl (C=O) groups excluding carboxylic acids is 1. The number of hydrogen-bond acceptors (Lipinski definition) is 4. The number of hydrogen-bond donors (Lipinski definition) is 0. The van der Waals surface area contributed by atoms with Crippen LogP contribution in [0.3, 0.4) is 0 Å². The number of nitrogens with zero attached hydrogens (tertiary/aromatic N) is 2. The Hall–Kier alpha value is -1.72. The fourth-order valence-corrected chi connectivity index (χ4v) is 4.67. The second kappa shape index (κ2) is 7.67. The van der Waals surface area contributed by atoms with Crippen molar-refractivity contribution < 1.29 is 9.53 Å². The molecular formula is C20H24N2O2S. The van der Waals surface area contributed by atoms with Crippen molar-refractivity contribution in [1.82, 2.24) is 9.88 Å². The average molecular weight is 356 g/mol. The molecule has 2 aromatic rings. The molecule has 2 fully saturated rings. The smallest absolute Gasteiger partial charge is 0.273 e. The van der Waals surface area contributed by atoms with Crippen molar-refractivity contribution in [3.05, 3.63) is 52.0 Å². The van der Waals surface area contributed by atoms with Crippen LogP contribution in [-0.4, -0.2) is 41.6 Å². The van der Waals surface area contributed by atoms with E-state index in [-0.39, 0.29) is 5.91 Å². The molecule has 1 atom stereocenters. The number of rotatable bonds is 4. The zero-order chi connectivity index (χ0) is 17.1. The van der Waals surface area contributed by atoms with E-state index in [1.807, 2.05) is 28.5 Å². The monoisotopic (exact) mass is 356 g/mol. The summed E-state index contributed by atoms with van der Waals surface area (Å²) >= 11 is 1.58. The summed E-state index contributed by atoms with van der Waals surface area (Å²) in [5.74, 6) is 0.706. The molecule has 0 N–H and O–H groups in total. The molecule has 5 heteroatoms. The van der Waals surface area contributed by atoms with Crippen LogP contribution in [0.15, 0.2) is 35.7 Å². The lowest BCUT2D eigenvalue weighted by molar-refractivity contribution is 0.0289. The SMILES string of the molecule is O=C(c1csc(Cc2ccccc2)n1)N1CCC(C2CCCO2)CC1. The Morgan fingerprint density at radius 2 is 2.00 bits per heavy atom. The lowest BCUT2D eigenvalue weighted by Crippen LogP contribution is -2.41. The van der Waals surface area contributed by atoms with E-state index in [0.717, 1.165) is 44.0 Å². The van der Waals surface area contributed by atoms with Crippen molar-refractivity contribution in [2.75, 3.05) is 19.7 Å². The molecule has 1 aromatic carbocycles. The Bertz CT molecular complexity index is 701. The first-order valence-corrected chi connectivity index (χ1v) is 10.1. The van der Waals surface area contributed by atoms with Gasteiger partial charge in [-0.2, -0.15) is 0 Å². The van der Waals surface area contributed by atoms with Crippen molar-refractivity contribution in [1.29, 1.82) is 0 Å². The number of aromatic nitrogens is 1. The Balaban J connectivity index is 1.34. The number of amides is 1. The topological polar surface area (TPSA) is 42.4 Å². The fourth-order valence-electron chi connectivity index (χ4n) is 3.87. The maximum Gasteiger partial charge on any atom is 0.273 e.